The SMILES string of the molecule is Cc1cc(C=Cc2nc3ccccc3[nH]c2=O)cc(C)c1O. The summed E-state index contributed by atoms with van der Waals surface area (Å²) in [5.41, 5.74) is 4.15. The van der Waals surface area contributed by atoms with E-state index in [1.807, 2.05) is 56.3 Å². The molecular formula is C18H16N2O2. The van der Waals surface area contributed by atoms with Crippen LogP contribution in [0.3, 0.4) is 0 Å². The molecule has 1 aromatic heterocycles. The summed E-state index contributed by atoms with van der Waals surface area (Å²) >= 11 is 0. The van der Waals surface area contributed by atoms with E-state index in [9.17, 15) is 9.90 Å². The van der Waals surface area contributed by atoms with Crippen LogP contribution in [0.5, 0.6) is 5.75 Å². The Bertz CT molecular complexity index is 916. The van der Waals surface area contributed by atoms with Crippen molar-refractivity contribution in [2.75, 3.05) is 0 Å². The molecule has 0 spiro atoms. The lowest BCUT2D eigenvalue weighted by molar-refractivity contribution is 0.467. The first kappa shape index (κ1) is 14.1. The van der Waals surface area contributed by atoms with Gasteiger partial charge in [-0.15, -0.1) is 0 Å². The smallest absolute Gasteiger partial charge is 0.274 e. The molecule has 0 atom stereocenters. The van der Waals surface area contributed by atoms with E-state index in [2.05, 4.69) is 9.97 Å². The van der Waals surface area contributed by atoms with E-state index in [1.54, 1.807) is 6.08 Å². The van der Waals surface area contributed by atoms with Crippen LogP contribution in [-0.2, 0) is 0 Å². The van der Waals surface area contributed by atoms with Crippen LogP contribution >= 0.6 is 0 Å². The van der Waals surface area contributed by atoms with Crippen LogP contribution in [0.25, 0.3) is 23.2 Å². The molecule has 0 unspecified atom stereocenters. The van der Waals surface area contributed by atoms with Crippen LogP contribution in [0.15, 0.2) is 41.2 Å². The number of para-hydroxylation sites is 2. The Labute approximate surface area is 127 Å². The molecule has 0 amide bonds. The van der Waals surface area contributed by atoms with Gasteiger partial charge >= 0.3 is 0 Å². The maximum atomic E-state index is 12.0. The summed E-state index contributed by atoms with van der Waals surface area (Å²) in [6, 6.07) is 11.2. The molecule has 0 fully saturated rings. The van der Waals surface area contributed by atoms with E-state index in [0.717, 1.165) is 27.7 Å². The lowest BCUT2D eigenvalue weighted by Crippen LogP contribution is -2.11. The standard InChI is InChI=1S/C18H16N2O2/c1-11-9-13(10-12(2)17(11)21)7-8-16-18(22)20-15-6-4-3-5-14(15)19-16/h3-10,21H,1-2H3,(H,20,22). The molecule has 4 heteroatoms. The first-order chi connectivity index (χ1) is 10.5. The Hall–Kier alpha value is -2.88. The molecule has 3 rings (SSSR count). The number of hydrogen-bond donors (Lipinski definition) is 2. The van der Waals surface area contributed by atoms with Crippen LogP contribution in [0.4, 0.5) is 0 Å². The maximum Gasteiger partial charge on any atom is 0.274 e. The first-order valence-corrected chi connectivity index (χ1v) is 7.02. The van der Waals surface area contributed by atoms with Gasteiger partial charge in [0.2, 0.25) is 0 Å². The summed E-state index contributed by atoms with van der Waals surface area (Å²) in [6.07, 6.45) is 3.52. The van der Waals surface area contributed by atoms with Crippen molar-refractivity contribution in [1.82, 2.24) is 9.97 Å². The molecule has 22 heavy (non-hydrogen) atoms. The normalized spacial score (nSPS) is 11.4. The van der Waals surface area contributed by atoms with E-state index in [0.29, 0.717) is 11.4 Å². The van der Waals surface area contributed by atoms with Gasteiger partial charge in [0.25, 0.3) is 5.56 Å². The van der Waals surface area contributed by atoms with Crippen LogP contribution in [0, 0.1) is 13.8 Å². The second-order valence-corrected chi connectivity index (χ2v) is 5.30. The minimum absolute atomic E-state index is 0.220. The highest BCUT2D eigenvalue weighted by Crippen LogP contribution is 2.23. The third kappa shape index (κ3) is 2.63. The van der Waals surface area contributed by atoms with Gasteiger partial charge in [0, 0.05) is 0 Å². The van der Waals surface area contributed by atoms with Crippen molar-refractivity contribution in [3.63, 3.8) is 0 Å². The number of H-pyrrole nitrogens is 1. The van der Waals surface area contributed by atoms with Crippen molar-refractivity contribution in [1.29, 1.82) is 0 Å². The highest BCUT2D eigenvalue weighted by atomic mass is 16.3. The van der Waals surface area contributed by atoms with Crippen molar-refractivity contribution in [2.45, 2.75) is 13.8 Å². The molecule has 0 radical (unpaired) electrons. The van der Waals surface area contributed by atoms with Gasteiger partial charge < -0.3 is 10.1 Å². The van der Waals surface area contributed by atoms with Gasteiger partial charge in [-0.25, -0.2) is 4.98 Å². The number of phenolic OH excluding ortho intramolecular Hbond substituents is 1. The second-order valence-electron chi connectivity index (χ2n) is 5.30. The van der Waals surface area contributed by atoms with Gasteiger partial charge in [0.05, 0.1) is 11.0 Å². The summed E-state index contributed by atoms with van der Waals surface area (Å²) in [7, 11) is 0. The average molecular weight is 292 g/mol. The lowest BCUT2D eigenvalue weighted by atomic mass is 10.1. The molecule has 1 heterocycles. The number of hydrogen-bond acceptors (Lipinski definition) is 3. The summed E-state index contributed by atoms with van der Waals surface area (Å²) in [5, 5.41) is 9.79. The zero-order valence-corrected chi connectivity index (χ0v) is 12.4. The average Bonchev–Trinajstić information content (AvgIpc) is 2.50. The van der Waals surface area contributed by atoms with Gasteiger partial charge in [-0.05, 0) is 60.9 Å². The molecule has 0 aliphatic carbocycles. The predicted octanol–water partition coefficient (Wildman–Crippen LogP) is 3.42. The fourth-order valence-electron chi connectivity index (χ4n) is 2.42. The monoisotopic (exact) mass is 292 g/mol. The number of phenols is 1. The van der Waals surface area contributed by atoms with Crippen LogP contribution in [0.1, 0.15) is 22.4 Å². The molecule has 0 saturated heterocycles. The van der Waals surface area contributed by atoms with E-state index < -0.39 is 0 Å². The second kappa shape index (κ2) is 5.48. The zero-order valence-electron chi connectivity index (χ0n) is 12.4. The molecule has 2 N–H and O–H groups in total. The Kier molecular flexibility index (Phi) is 3.51. The quantitative estimate of drug-likeness (QED) is 0.760. The fourth-order valence-corrected chi connectivity index (χ4v) is 2.42. The summed E-state index contributed by atoms with van der Waals surface area (Å²) in [5.74, 6) is 0.304. The highest BCUT2D eigenvalue weighted by Gasteiger charge is 2.03. The number of aromatic amines is 1. The molecule has 0 aliphatic rings. The van der Waals surface area contributed by atoms with Gasteiger partial charge in [0.15, 0.2) is 0 Å². The summed E-state index contributed by atoms with van der Waals surface area (Å²) in [4.78, 5) is 19.2. The molecular weight excluding hydrogens is 276 g/mol. The third-order valence-corrected chi connectivity index (χ3v) is 3.57. The van der Waals surface area contributed by atoms with E-state index in [1.165, 1.54) is 0 Å². The molecule has 0 bridgehead atoms. The number of benzene rings is 2. The van der Waals surface area contributed by atoms with Gasteiger partial charge in [-0.1, -0.05) is 18.2 Å². The molecule has 3 aromatic rings. The van der Waals surface area contributed by atoms with Crippen molar-refractivity contribution in [3.8, 4) is 5.75 Å². The van der Waals surface area contributed by atoms with Crippen LogP contribution < -0.4 is 5.56 Å². The van der Waals surface area contributed by atoms with Crippen molar-refractivity contribution in [3.05, 3.63) is 69.1 Å². The number of nitrogens with zero attached hydrogens (tertiary/aromatic N) is 1. The Balaban J connectivity index is 2.02. The Morgan fingerprint density at radius 3 is 2.50 bits per heavy atom. The van der Waals surface area contributed by atoms with Crippen molar-refractivity contribution >= 4 is 23.2 Å². The predicted molar refractivity (Wildman–Crippen MR) is 88.9 cm³/mol. The van der Waals surface area contributed by atoms with E-state index in [4.69, 9.17) is 0 Å². The number of rotatable bonds is 2. The molecule has 4 nitrogen and oxygen atoms in total. The minimum atomic E-state index is -0.220. The van der Waals surface area contributed by atoms with E-state index in [-0.39, 0.29) is 5.56 Å². The van der Waals surface area contributed by atoms with Crippen molar-refractivity contribution < 1.29 is 5.11 Å². The molecule has 0 aliphatic heterocycles. The lowest BCUT2D eigenvalue weighted by Gasteiger charge is -2.04. The number of aromatic hydroxyl groups is 1. The van der Waals surface area contributed by atoms with Gasteiger partial charge in [-0.2, -0.15) is 0 Å². The molecule has 110 valence electrons. The summed E-state index contributed by atoms with van der Waals surface area (Å²) < 4.78 is 0. The number of nitrogens with one attached hydrogen (secondary N) is 1. The number of fused-ring (bicyclic) bond motifs is 1. The Morgan fingerprint density at radius 2 is 1.77 bits per heavy atom. The topological polar surface area (TPSA) is 66.0 Å². The van der Waals surface area contributed by atoms with Gasteiger partial charge in [0.1, 0.15) is 11.4 Å². The third-order valence-electron chi connectivity index (χ3n) is 3.57. The summed E-state index contributed by atoms with van der Waals surface area (Å²) in [6.45, 7) is 3.70. The highest BCUT2D eigenvalue weighted by molar-refractivity contribution is 5.76. The zero-order chi connectivity index (χ0) is 15.7. The molecule has 2 aromatic carbocycles. The largest absolute Gasteiger partial charge is 0.507 e. The fraction of sp³-hybridized carbons (Fsp3) is 0.111. The number of aryl methyl sites for hydroxylation is 2. The minimum Gasteiger partial charge on any atom is -0.507 e. The first-order valence-electron chi connectivity index (χ1n) is 7.02. The van der Waals surface area contributed by atoms with Crippen LogP contribution in [-0.4, -0.2) is 15.1 Å². The molecule has 0 saturated carbocycles. The van der Waals surface area contributed by atoms with Gasteiger partial charge in [-0.3, -0.25) is 4.79 Å². The van der Waals surface area contributed by atoms with Crippen molar-refractivity contribution in [2.24, 2.45) is 0 Å². The van der Waals surface area contributed by atoms with Crippen LogP contribution in [0.2, 0.25) is 0 Å². The Morgan fingerprint density at radius 1 is 1.09 bits per heavy atom. The number of aromatic nitrogens is 2. The maximum absolute atomic E-state index is 12.0. The van der Waals surface area contributed by atoms with E-state index >= 15 is 0 Å².